The third kappa shape index (κ3) is 4.25. The molecule has 2 aromatic heterocycles. The Labute approximate surface area is 191 Å². The summed E-state index contributed by atoms with van der Waals surface area (Å²) in [5.41, 5.74) is 2.73. The Morgan fingerprint density at radius 1 is 1.09 bits per heavy atom. The molecule has 166 valence electrons. The highest BCUT2D eigenvalue weighted by Crippen LogP contribution is 2.40. The van der Waals surface area contributed by atoms with E-state index in [4.69, 9.17) is 14.6 Å². The second-order valence-corrected chi connectivity index (χ2v) is 7.68. The van der Waals surface area contributed by atoms with E-state index in [9.17, 15) is 4.79 Å². The molecule has 1 amide bonds. The molecule has 0 radical (unpaired) electrons. The molecule has 0 bridgehead atoms. The van der Waals surface area contributed by atoms with E-state index >= 15 is 0 Å². The first kappa shape index (κ1) is 22.0. The molecule has 7 heteroatoms. The highest BCUT2D eigenvalue weighted by atomic mass is 16.5. The molecular formula is C26H23N3O4. The molecule has 0 unspecified atom stereocenters. The minimum atomic E-state index is -0.769. The van der Waals surface area contributed by atoms with Crippen molar-refractivity contribution in [1.29, 1.82) is 0 Å². The molecule has 0 aliphatic carbocycles. The summed E-state index contributed by atoms with van der Waals surface area (Å²) in [6.45, 7) is 2.29. The molecular weight excluding hydrogens is 418 g/mol. The maximum Gasteiger partial charge on any atom is 0.290 e. The number of hydrogen-bond donors (Lipinski definition) is 2. The Bertz CT molecular complexity index is 1280. The number of benzene rings is 2. The van der Waals surface area contributed by atoms with Gasteiger partial charge in [-0.15, -0.1) is 0 Å². The van der Waals surface area contributed by atoms with Gasteiger partial charge in [-0.05, 0) is 42.1 Å². The summed E-state index contributed by atoms with van der Waals surface area (Å²) in [6.07, 6.45) is 5.82. The average Bonchev–Trinajstić information content (AvgIpc) is 2.85. The Kier molecular flexibility index (Phi) is 6.31. The number of carbonyl (C=O) groups excluding carboxylic acids is 1. The van der Waals surface area contributed by atoms with Crippen LogP contribution in [0, 0.1) is 6.92 Å². The number of aryl methyl sites for hydroxylation is 1. The van der Waals surface area contributed by atoms with Crippen LogP contribution in [0.2, 0.25) is 0 Å². The molecule has 5 rings (SSSR count). The average molecular weight is 441 g/mol. The fourth-order valence-electron chi connectivity index (χ4n) is 4.15. The zero-order chi connectivity index (χ0) is 23.3. The summed E-state index contributed by atoms with van der Waals surface area (Å²) < 4.78 is 5.86. The van der Waals surface area contributed by atoms with Gasteiger partial charge in [0.05, 0.1) is 6.61 Å². The quantitative estimate of drug-likeness (QED) is 0.464. The van der Waals surface area contributed by atoms with E-state index in [1.807, 2.05) is 36.4 Å². The number of carboxylic acid groups (broad SMARTS) is 1. The first-order chi connectivity index (χ1) is 16.1. The lowest BCUT2D eigenvalue weighted by Gasteiger charge is -2.39. The van der Waals surface area contributed by atoms with Crippen LogP contribution in [-0.4, -0.2) is 34.1 Å². The molecule has 7 nitrogen and oxygen atoms in total. The van der Waals surface area contributed by atoms with E-state index in [-0.39, 0.29) is 12.4 Å². The van der Waals surface area contributed by atoms with Crippen molar-refractivity contribution in [3.05, 3.63) is 102 Å². The maximum absolute atomic E-state index is 13.6. The number of nitrogens with one attached hydrogen (secondary N) is 1. The summed E-state index contributed by atoms with van der Waals surface area (Å²) in [5, 5.41) is 12.0. The number of pyridine rings is 2. The van der Waals surface area contributed by atoms with Crippen molar-refractivity contribution in [1.82, 2.24) is 15.3 Å². The second kappa shape index (κ2) is 9.48. The van der Waals surface area contributed by atoms with Crippen molar-refractivity contribution in [2.75, 3.05) is 6.61 Å². The van der Waals surface area contributed by atoms with E-state index in [2.05, 4.69) is 46.5 Å². The molecule has 2 aromatic carbocycles. The van der Waals surface area contributed by atoms with Crippen LogP contribution in [0.3, 0.4) is 0 Å². The minimum Gasteiger partial charge on any atom is -0.491 e. The van der Waals surface area contributed by atoms with E-state index in [0.717, 1.165) is 27.6 Å². The lowest BCUT2D eigenvalue weighted by molar-refractivity contribution is -0.122. The van der Waals surface area contributed by atoms with Crippen LogP contribution >= 0.6 is 0 Å². The van der Waals surface area contributed by atoms with Crippen molar-refractivity contribution in [3.8, 4) is 5.75 Å². The Hall–Kier alpha value is -4.26. The van der Waals surface area contributed by atoms with Gasteiger partial charge in [0.1, 0.15) is 17.0 Å². The van der Waals surface area contributed by atoms with E-state index in [1.165, 1.54) is 0 Å². The fourth-order valence-corrected chi connectivity index (χ4v) is 4.15. The van der Waals surface area contributed by atoms with Crippen LogP contribution in [0.25, 0.3) is 10.8 Å². The summed E-state index contributed by atoms with van der Waals surface area (Å²) in [6, 6.07) is 19.6. The van der Waals surface area contributed by atoms with Crippen molar-refractivity contribution in [2.45, 2.75) is 18.9 Å². The standard InChI is InChI=1S/C25H21N3O2.CH2O2/c1-17-7-9-19(10-8-17)25(12-15-30-22-6-3-13-27-23(22)25)28-24(29)21-5-2-4-18-16-26-14-11-20(18)21;2-1-3/h2-11,13-14,16H,12,15H2,1H3,(H,28,29);1H,(H,2,3)/t25-;/m0./s1. The van der Waals surface area contributed by atoms with Crippen LogP contribution < -0.4 is 10.1 Å². The Balaban J connectivity index is 0.000000821. The summed E-state index contributed by atoms with van der Waals surface area (Å²) >= 11 is 0. The molecule has 3 heterocycles. The minimum absolute atomic E-state index is 0.147. The number of aromatic nitrogens is 2. The Morgan fingerprint density at radius 2 is 1.88 bits per heavy atom. The number of amides is 1. The molecule has 0 saturated heterocycles. The second-order valence-electron chi connectivity index (χ2n) is 7.68. The van der Waals surface area contributed by atoms with Gasteiger partial charge in [-0.2, -0.15) is 0 Å². The number of fused-ring (bicyclic) bond motifs is 2. The van der Waals surface area contributed by atoms with E-state index in [0.29, 0.717) is 24.3 Å². The van der Waals surface area contributed by atoms with Gasteiger partial charge in [0, 0.05) is 36.0 Å². The summed E-state index contributed by atoms with van der Waals surface area (Å²) in [7, 11) is 0. The maximum atomic E-state index is 13.6. The predicted molar refractivity (Wildman–Crippen MR) is 124 cm³/mol. The lowest BCUT2D eigenvalue weighted by Crippen LogP contribution is -2.50. The van der Waals surface area contributed by atoms with Gasteiger partial charge in [-0.3, -0.25) is 19.6 Å². The zero-order valence-electron chi connectivity index (χ0n) is 18.1. The highest BCUT2D eigenvalue weighted by molar-refractivity contribution is 6.07. The molecule has 2 N–H and O–H groups in total. The van der Waals surface area contributed by atoms with Crippen LogP contribution in [0.4, 0.5) is 0 Å². The molecule has 0 saturated carbocycles. The lowest BCUT2D eigenvalue weighted by atomic mass is 9.80. The Morgan fingerprint density at radius 3 is 2.67 bits per heavy atom. The normalized spacial score (nSPS) is 16.5. The topological polar surface area (TPSA) is 101 Å². The highest BCUT2D eigenvalue weighted by Gasteiger charge is 2.42. The molecule has 0 fully saturated rings. The summed E-state index contributed by atoms with van der Waals surface area (Å²) in [4.78, 5) is 30.7. The van der Waals surface area contributed by atoms with Gasteiger partial charge in [-0.25, -0.2) is 0 Å². The largest absolute Gasteiger partial charge is 0.491 e. The molecule has 4 aromatic rings. The molecule has 1 aliphatic heterocycles. The third-order valence-corrected chi connectivity index (χ3v) is 5.71. The number of nitrogens with zero attached hydrogens (tertiary/aromatic N) is 2. The number of ether oxygens (including phenoxy) is 1. The number of rotatable bonds is 3. The van der Waals surface area contributed by atoms with Crippen molar-refractivity contribution in [2.24, 2.45) is 0 Å². The van der Waals surface area contributed by atoms with Gasteiger partial charge >= 0.3 is 0 Å². The van der Waals surface area contributed by atoms with Crippen LogP contribution in [0.5, 0.6) is 5.75 Å². The number of carbonyl (C=O) groups is 2. The van der Waals surface area contributed by atoms with Gasteiger partial charge in [-0.1, -0.05) is 42.0 Å². The fraction of sp³-hybridized carbons (Fsp3) is 0.154. The first-order valence-corrected chi connectivity index (χ1v) is 10.5. The van der Waals surface area contributed by atoms with E-state index in [1.54, 1.807) is 18.6 Å². The van der Waals surface area contributed by atoms with Gasteiger partial charge in [0.15, 0.2) is 0 Å². The molecule has 1 atom stereocenters. The van der Waals surface area contributed by atoms with Crippen molar-refractivity contribution >= 4 is 23.2 Å². The van der Waals surface area contributed by atoms with E-state index < -0.39 is 5.54 Å². The smallest absolute Gasteiger partial charge is 0.290 e. The predicted octanol–water partition coefficient (Wildman–Crippen LogP) is 4.10. The van der Waals surface area contributed by atoms with Crippen LogP contribution in [-0.2, 0) is 10.3 Å². The monoisotopic (exact) mass is 441 g/mol. The molecule has 1 aliphatic rings. The van der Waals surface area contributed by atoms with Gasteiger partial charge in [0.25, 0.3) is 12.4 Å². The van der Waals surface area contributed by atoms with Crippen LogP contribution in [0.1, 0.15) is 33.6 Å². The third-order valence-electron chi connectivity index (χ3n) is 5.71. The van der Waals surface area contributed by atoms with Crippen molar-refractivity contribution < 1.29 is 19.4 Å². The first-order valence-electron chi connectivity index (χ1n) is 10.5. The zero-order valence-corrected chi connectivity index (χ0v) is 18.1. The number of hydrogen-bond acceptors (Lipinski definition) is 5. The molecule has 33 heavy (non-hydrogen) atoms. The van der Waals surface area contributed by atoms with Gasteiger partial charge in [0.2, 0.25) is 0 Å². The van der Waals surface area contributed by atoms with Crippen molar-refractivity contribution in [3.63, 3.8) is 0 Å². The summed E-state index contributed by atoms with van der Waals surface area (Å²) in [5.74, 6) is 0.553. The van der Waals surface area contributed by atoms with Crippen LogP contribution in [0.15, 0.2) is 79.3 Å². The molecule has 0 spiro atoms. The van der Waals surface area contributed by atoms with Gasteiger partial charge < -0.3 is 15.2 Å². The SMILES string of the molecule is Cc1ccc([C@@]2(NC(=O)c3cccc4cnccc34)CCOc3cccnc32)cc1.O=CO.